The van der Waals surface area contributed by atoms with Gasteiger partial charge in [-0.3, -0.25) is 4.79 Å². The number of carbonyl (C=O) groups excluding carboxylic acids is 1. The van der Waals surface area contributed by atoms with E-state index in [1.807, 2.05) is 51.2 Å². The smallest absolute Gasteiger partial charge is 0.253 e. The van der Waals surface area contributed by atoms with Crippen molar-refractivity contribution in [2.75, 3.05) is 20.1 Å². The SMILES string of the molecule is CNCCCNC(=O)c1cc(C)n(-c2ccccc2Br)c1C. The zero-order chi connectivity index (χ0) is 16.1. The monoisotopic (exact) mass is 363 g/mol. The number of halogens is 1. The Labute approximate surface area is 140 Å². The van der Waals surface area contributed by atoms with Crippen molar-refractivity contribution in [2.24, 2.45) is 0 Å². The first-order chi connectivity index (χ1) is 10.6. The molecular weight excluding hydrogens is 342 g/mol. The van der Waals surface area contributed by atoms with E-state index < -0.39 is 0 Å². The normalized spacial score (nSPS) is 10.7. The first-order valence-electron chi connectivity index (χ1n) is 7.43. The number of benzene rings is 1. The van der Waals surface area contributed by atoms with E-state index in [4.69, 9.17) is 0 Å². The third-order valence-electron chi connectivity index (χ3n) is 3.66. The van der Waals surface area contributed by atoms with Gasteiger partial charge in [0.25, 0.3) is 5.91 Å². The van der Waals surface area contributed by atoms with Gasteiger partial charge in [-0.25, -0.2) is 0 Å². The van der Waals surface area contributed by atoms with Crippen LogP contribution in [0.4, 0.5) is 0 Å². The minimum atomic E-state index is -0.0116. The van der Waals surface area contributed by atoms with Gasteiger partial charge in [0.05, 0.1) is 11.3 Å². The number of amides is 1. The number of rotatable bonds is 6. The van der Waals surface area contributed by atoms with Gasteiger partial charge in [0.1, 0.15) is 0 Å². The van der Waals surface area contributed by atoms with E-state index in [-0.39, 0.29) is 5.91 Å². The summed E-state index contributed by atoms with van der Waals surface area (Å²) in [6.07, 6.45) is 0.922. The van der Waals surface area contributed by atoms with Crippen LogP contribution >= 0.6 is 15.9 Å². The number of para-hydroxylation sites is 1. The van der Waals surface area contributed by atoms with Crippen LogP contribution in [-0.4, -0.2) is 30.6 Å². The van der Waals surface area contributed by atoms with Gasteiger partial charge in [0.15, 0.2) is 0 Å². The van der Waals surface area contributed by atoms with Crippen molar-refractivity contribution < 1.29 is 4.79 Å². The maximum atomic E-state index is 12.4. The average Bonchev–Trinajstić information content (AvgIpc) is 2.79. The zero-order valence-corrected chi connectivity index (χ0v) is 14.8. The molecule has 0 aliphatic carbocycles. The molecule has 0 atom stereocenters. The summed E-state index contributed by atoms with van der Waals surface area (Å²) >= 11 is 3.58. The molecule has 1 aromatic carbocycles. The molecular formula is C17H22BrN3O. The predicted molar refractivity (Wildman–Crippen MR) is 93.8 cm³/mol. The molecule has 118 valence electrons. The van der Waals surface area contributed by atoms with Crippen molar-refractivity contribution in [3.05, 3.63) is 51.8 Å². The number of carbonyl (C=O) groups is 1. The van der Waals surface area contributed by atoms with Gasteiger partial charge >= 0.3 is 0 Å². The maximum Gasteiger partial charge on any atom is 0.253 e. The fourth-order valence-corrected chi connectivity index (χ4v) is 3.02. The molecule has 4 nitrogen and oxygen atoms in total. The highest BCUT2D eigenvalue weighted by molar-refractivity contribution is 9.10. The van der Waals surface area contributed by atoms with E-state index in [0.29, 0.717) is 6.54 Å². The molecule has 0 saturated carbocycles. The van der Waals surface area contributed by atoms with Crippen LogP contribution in [0.3, 0.4) is 0 Å². The molecule has 0 radical (unpaired) electrons. The number of nitrogens with one attached hydrogen (secondary N) is 2. The summed E-state index contributed by atoms with van der Waals surface area (Å²) in [5, 5.41) is 6.05. The van der Waals surface area contributed by atoms with Crippen molar-refractivity contribution in [2.45, 2.75) is 20.3 Å². The molecule has 0 unspecified atom stereocenters. The van der Waals surface area contributed by atoms with Gasteiger partial charge < -0.3 is 15.2 Å². The highest BCUT2D eigenvalue weighted by atomic mass is 79.9. The van der Waals surface area contributed by atoms with Gasteiger partial charge in [0.2, 0.25) is 0 Å². The largest absolute Gasteiger partial charge is 0.352 e. The molecule has 0 aliphatic rings. The molecule has 0 spiro atoms. The Morgan fingerprint density at radius 3 is 2.64 bits per heavy atom. The van der Waals surface area contributed by atoms with Crippen LogP contribution in [0.15, 0.2) is 34.8 Å². The summed E-state index contributed by atoms with van der Waals surface area (Å²) in [5.41, 5.74) is 3.78. The lowest BCUT2D eigenvalue weighted by Crippen LogP contribution is -2.26. The van der Waals surface area contributed by atoms with E-state index in [1.54, 1.807) is 0 Å². The quantitative estimate of drug-likeness (QED) is 0.774. The molecule has 1 amide bonds. The summed E-state index contributed by atoms with van der Waals surface area (Å²) in [4.78, 5) is 12.4. The van der Waals surface area contributed by atoms with E-state index in [0.717, 1.165) is 40.1 Å². The van der Waals surface area contributed by atoms with Crippen LogP contribution in [0, 0.1) is 13.8 Å². The molecule has 2 rings (SSSR count). The molecule has 1 aromatic heterocycles. The number of aryl methyl sites for hydroxylation is 1. The Balaban J connectivity index is 2.24. The second-order valence-corrected chi connectivity index (χ2v) is 6.14. The Morgan fingerprint density at radius 1 is 1.23 bits per heavy atom. The molecule has 0 fully saturated rings. The molecule has 5 heteroatoms. The Kier molecular flexibility index (Phi) is 5.80. The van der Waals surface area contributed by atoms with Gasteiger partial charge in [0, 0.05) is 22.4 Å². The van der Waals surface area contributed by atoms with E-state index in [1.165, 1.54) is 0 Å². The molecule has 0 bridgehead atoms. The maximum absolute atomic E-state index is 12.4. The lowest BCUT2D eigenvalue weighted by molar-refractivity contribution is 0.0952. The standard InChI is InChI=1S/C17H22BrN3O/c1-12-11-14(17(22)20-10-6-9-19-3)13(2)21(12)16-8-5-4-7-15(16)18/h4-5,7-8,11,19H,6,9-10H2,1-3H3,(H,20,22). The van der Waals surface area contributed by atoms with Crippen molar-refractivity contribution in [1.29, 1.82) is 0 Å². The van der Waals surface area contributed by atoms with E-state index in [2.05, 4.69) is 31.1 Å². The third kappa shape index (κ3) is 3.59. The molecule has 2 N–H and O–H groups in total. The fraction of sp³-hybridized carbons (Fsp3) is 0.353. The van der Waals surface area contributed by atoms with Crippen LogP contribution in [0.1, 0.15) is 28.2 Å². The van der Waals surface area contributed by atoms with Gasteiger partial charge in [-0.05, 0) is 68.0 Å². The number of nitrogens with zero attached hydrogens (tertiary/aromatic N) is 1. The fourth-order valence-electron chi connectivity index (χ4n) is 2.56. The lowest BCUT2D eigenvalue weighted by Gasteiger charge is -2.12. The Bertz CT molecular complexity index is 664. The molecule has 1 heterocycles. The minimum absolute atomic E-state index is 0.0116. The summed E-state index contributed by atoms with van der Waals surface area (Å²) in [6.45, 7) is 5.58. The number of hydrogen-bond acceptors (Lipinski definition) is 2. The van der Waals surface area contributed by atoms with Crippen LogP contribution in [0.2, 0.25) is 0 Å². The lowest BCUT2D eigenvalue weighted by atomic mass is 10.2. The summed E-state index contributed by atoms with van der Waals surface area (Å²) in [7, 11) is 1.91. The summed E-state index contributed by atoms with van der Waals surface area (Å²) < 4.78 is 3.12. The van der Waals surface area contributed by atoms with Crippen LogP contribution in [0.5, 0.6) is 0 Å². The van der Waals surface area contributed by atoms with Crippen LogP contribution in [0.25, 0.3) is 5.69 Å². The van der Waals surface area contributed by atoms with Crippen LogP contribution in [-0.2, 0) is 0 Å². The molecule has 0 aliphatic heterocycles. The third-order valence-corrected chi connectivity index (χ3v) is 4.33. The molecule has 22 heavy (non-hydrogen) atoms. The summed E-state index contributed by atoms with van der Waals surface area (Å²) in [5.74, 6) is -0.0116. The first kappa shape index (κ1) is 16.8. The van der Waals surface area contributed by atoms with Crippen LogP contribution < -0.4 is 10.6 Å². The number of aromatic nitrogens is 1. The van der Waals surface area contributed by atoms with Crippen molar-refractivity contribution >= 4 is 21.8 Å². The topological polar surface area (TPSA) is 46.1 Å². The van der Waals surface area contributed by atoms with Crippen molar-refractivity contribution in [3.63, 3.8) is 0 Å². The highest BCUT2D eigenvalue weighted by Crippen LogP contribution is 2.26. The number of hydrogen-bond donors (Lipinski definition) is 2. The minimum Gasteiger partial charge on any atom is -0.352 e. The Morgan fingerprint density at radius 2 is 1.95 bits per heavy atom. The van der Waals surface area contributed by atoms with Gasteiger partial charge in [-0.1, -0.05) is 12.1 Å². The predicted octanol–water partition coefficient (Wildman–Crippen LogP) is 3.20. The van der Waals surface area contributed by atoms with Gasteiger partial charge in [-0.2, -0.15) is 0 Å². The summed E-state index contributed by atoms with van der Waals surface area (Å²) in [6, 6.07) is 9.97. The zero-order valence-electron chi connectivity index (χ0n) is 13.2. The van der Waals surface area contributed by atoms with Gasteiger partial charge in [-0.15, -0.1) is 0 Å². The van der Waals surface area contributed by atoms with Crippen molar-refractivity contribution in [3.8, 4) is 5.69 Å². The average molecular weight is 364 g/mol. The van der Waals surface area contributed by atoms with E-state index >= 15 is 0 Å². The second-order valence-electron chi connectivity index (χ2n) is 5.28. The first-order valence-corrected chi connectivity index (χ1v) is 8.22. The molecule has 2 aromatic rings. The Hall–Kier alpha value is -1.59. The molecule has 0 saturated heterocycles. The highest BCUT2D eigenvalue weighted by Gasteiger charge is 2.17. The van der Waals surface area contributed by atoms with E-state index in [9.17, 15) is 4.79 Å². The van der Waals surface area contributed by atoms with Crippen molar-refractivity contribution in [1.82, 2.24) is 15.2 Å². The second kappa shape index (κ2) is 7.61.